The fourth-order valence-electron chi connectivity index (χ4n) is 2.54. The van der Waals surface area contributed by atoms with Gasteiger partial charge in [-0.25, -0.2) is 0 Å². The lowest BCUT2D eigenvalue weighted by molar-refractivity contribution is -0.184. The zero-order valence-corrected chi connectivity index (χ0v) is 8.20. The second-order valence-corrected chi connectivity index (χ2v) is 4.31. The van der Waals surface area contributed by atoms with E-state index in [9.17, 15) is 22.8 Å². The maximum absolute atomic E-state index is 12.1. The van der Waals surface area contributed by atoms with Crippen LogP contribution in [0.1, 0.15) is 6.42 Å². The van der Waals surface area contributed by atoms with Gasteiger partial charge in [-0.2, -0.15) is 13.2 Å². The number of fused-ring (bicyclic) bond motifs is 1. The van der Waals surface area contributed by atoms with E-state index in [0.717, 1.165) is 4.90 Å². The number of alkyl halides is 3. The molecule has 1 saturated heterocycles. The molecule has 7 heteroatoms. The molecule has 1 heterocycles. The molecule has 0 radical (unpaired) electrons. The molecule has 0 unspecified atom stereocenters. The first-order valence-corrected chi connectivity index (χ1v) is 4.89. The second-order valence-electron chi connectivity index (χ2n) is 4.31. The van der Waals surface area contributed by atoms with Gasteiger partial charge in [0.25, 0.3) is 0 Å². The molecule has 2 fully saturated rings. The zero-order valence-electron chi connectivity index (χ0n) is 8.20. The van der Waals surface area contributed by atoms with Gasteiger partial charge in [0.15, 0.2) is 0 Å². The maximum Gasteiger partial charge on any atom is 0.471 e. The Kier molecular flexibility index (Phi) is 2.36. The Balaban J connectivity index is 2.00. The molecule has 2 aliphatic rings. The fourth-order valence-corrected chi connectivity index (χ4v) is 2.54. The standard InChI is InChI=1S/C9H10F3NO3/c10-9(11,12)8(16)13-2-4-1-5(7(14)15)6(4)3-13/h4-6H,1-3H2,(H,14,15)/t4-,5-,6+/m1/s1. The lowest BCUT2D eigenvalue weighted by Crippen LogP contribution is -2.41. The average Bonchev–Trinajstić information content (AvgIpc) is 2.41. The number of aliphatic carboxylic acids is 1. The van der Waals surface area contributed by atoms with E-state index in [1.54, 1.807) is 0 Å². The van der Waals surface area contributed by atoms with Crippen LogP contribution in [0.15, 0.2) is 0 Å². The normalized spacial score (nSPS) is 33.2. The summed E-state index contributed by atoms with van der Waals surface area (Å²) >= 11 is 0. The number of rotatable bonds is 1. The SMILES string of the molecule is O=C(O)[C@@H]1C[C@@H]2CN(C(=O)C(F)(F)F)C[C@@H]21. The van der Waals surface area contributed by atoms with Crippen LogP contribution in [0.2, 0.25) is 0 Å². The molecule has 3 atom stereocenters. The van der Waals surface area contributed by atoms with Crippen molar-refractivity contribution in [3.8, 4) is 0 Å². The van der Waals surface area contributed by atoms with E-state index < -0.39 is 24.0 Å². The highest BCUT2D eigenvalue weighted by Crippen LogP contribution is 2.46. The number of hydrogen-bond donors (Lipinski definition) is 1. The van der Waals surface area contributed by atoms with Crippen LogP contribution in [0, 0.1) is 17.8 Å². The summed E-state index contributed by atoms with van der Waals surface area (Å²) < 4.78 is 36.4. The summed E-state index contributed by atoms with van der Waals surface area (Å²) in [4.78, 5) is 22.3. The van der Waals surface area contributed by atoms with Gasteiger partial charge in [-0.15, -0.1) is 0 Å². The van der Waals surface area contributed by atoms with E-state index in [1.807, 2.05) is 0 Å². The molecule has 1 saturated carbocycles. The first-order valence-electron chi connectivity index (χ1n) is 4.89. The largest absolute Gasteiger partial charge is 0.481 e. The Hall–Kier alpha value is -1.27. The van der Waals surface area contributed by atoms with Crippen molar-refractivity contribution in [2.45, 2.75) is 12.6 Å². The van der Waals surface area contributed by atoms with Gasteiger partial charge < -0.3 is 10.0 Å². The monoisotopic (exact) mass is 237 g/mol. The molecule has 1 aliphatic heterocycles. The number of hydrogen-bond acceptors (Lipinski definition) is 2. The van der Waals surface area contributed by atoms with Crippen LogP contribution in [0.4, 0.5) is 13.2 Å². The van der Waals surface area contributed by atoms with E-state index in [0.29, 0.717) is 6.42 Å². The van der Waals surface area contributed by atoms with Crippen molar-refractivity contribution in [3.63, 3.8) is 0 Å². The first-order chi connectivity index (χ1) is 7.30. The molecule has 1 N–H and O–H groups in total. The number of amides is 1. The van der Waals surface area contributed by atoms with Crippen LogP contribution in [-0.4, -0.2) is 41.1 Å². The molecule has 0 spiro atoms. The number of likely N-dealkylation sites (tertiary alicyclic amines) is 1. The van der Waals surface area contributed by atoms with Crippen LogP contribution in [0.3, 0.4) is 0 Å². The molecule has 2 rings (SSSR count). The highest BCUT2D eigenvalue weighted by atomic mass is 19.4. The molecule has 0 aromatic carbocycles. The molecule has 90 valence electrons. The van der Waals surface area contributed by atoms with Crippen molar-refractivity contribution in [2.24, 2.45) is 17.8 Å². The molecule has 16 heavy (non-hydrogen) atoms. The van der Waals surface area contributed by atoms with Crippen LogP contribution >= 0.6 is 0 Å². The predicted octanol–water partition coefficient (Wildman–Crippen LogP) is 0.728. The second kappa shape index (κ2) is 3.36. The van der Waals surface area contributed by atoms with Crippen molar-refractivity contribution in [1.29, 1.82) is 0 Å². The number of carboxylic acid groups (broad SMARTS) is 1. The van der Waals surface area contributed by atoms with Gasteiger partial charge in [-0.05, 0) is 18.3 Å². The smallest absolute Gasteiger partial charge is 0.471 e. The van der Waals surface area contributed by atoms with Crippen molar-refractivity contribution in [2.75, 3.05) is 13.1 Å². The lowest BCUT2D eigenvalue weighted by atomic mass is 9.67. The minimum Gasteiger partial charge on any atom is -0.481 e. The first kappa shape index (κ1) is 11.2. The molecule has 1 aliphatic carbocycles. The Morgan fingerprint density at radius 3 is 2.38 bits per heavy atom. The van der Waals surface area contributed by atoms with Crippen molar-refractivity contribution in [1.82, 2.24) is 4.90 Å². The third-order valence-electron chi connectivity index (χ3n) is 3.41. The van der Waals surface area contributed by atoms with E-state index in [1.165, 1.54) is 0 Å². The topological polar surface area (TPSA) is 57.6 Å². The minimum atomic E-state index is -4.86. The van der Waals surface area contributed by atoms with Gasteiger partial charge in [0.1, 0.15) is 0 Å². The Bertz CT molecular complexity index is 341. The molecule has 4 nitrogen and oxygen atoms in total. The maximum atomic E-state index is 12.1. The highest BCUT2D eigenvalue weighted by Gasteiger charge is 2.54. The molecule has 0 aromatic rings. The third-order valence-corrected chi connectivity index (χ3v) is 3.41. The van der Waals surface area contributed by atoms with Gasteiger partial charge in [-0.3, -0.25) is 9.59 Å². The molecule has 1 amide bonds. The highest BCUT2D eigenvalue weighted by molar-refractivity contribution is 5.82. The summed E-state index contributed by atoms with van der Waals surface area (Å²) in [6.07, 6.45) is -4.48. The fraction of sp³-hybridized carbons (Fsp3) is 0.778. The molecule has 0 aromatic heterocycles. The number of nitrogens with zero attached hydrogens (tertiary/aromatic N) is 1. The van der Waals surface area contributed by atoms with Gasteiger partial charge in [0.05, 0.1) is 5.92 Å². The summed E-state index contributed by atoms with van der Waals surface area (Å²) in [6.45, 7) is -0.0488. The van der Waals surface area contributed by atoms with Crippen LogP contribution in [-0.2, 0) is 9.59 Å². The summed E-state index contributed by atoms with van der Waals surface area (Å²) in [5, 5.41) is 8.74. The predicted molar refractivity (Wildman–Crippen MR) is 45.4 cm³/mol. The van der Waals surface area contributed by atoms with E-state index in [-0.39, 0.29) is 24.9 Å². The third kappa shape index (κ3) is 1.64. The van der Waals surface area contributed by atoms with Gasteiger partial charge in [0, 0.05) is 13.1 Å². The summed E-state index contributed by atoms with van der Waals surface area (Å²) in [5.74, 6) is -3.80. The number of carboxylic acids is 1. The quantitative estimate of drug-likeness (QED) is 0.731. The van der Waals surface area contributed by atoms with E-state index in [4.69, 9.17) is 5.11 Å². The van der Waals surface area contributed by atoms with Crippen LogP contribution in [0.25, 0.3) is 0 Å². The minimum absolute atomic E-state index is 0.0345. The molecular weight excluding hydrogens is 227 g/mol. The van der Waals surface area contributed by atoms with Gasteiger partial charge in [0.2, 0.25) is 0 Å². The Labute approximate surface area is 89.0 Å². The Morgan fingerprint density at radius 2 is 1.88 bits per heavy atom. The summed E-state index contributed by atoms with van der Waals surface area (Å²) in [6, 6.07) is 0. The molecular formula is C9H10F3NO3. The summed E-state index contributed by atoms with van der Waals surface area (Å²) in [5.41, 5.74) is 0. The summed E-state index contributed by atoms with van der Waals surface area (Å²) in [7, 11) is 0. The average molecular weight is 237 g/mol. The number of carbonyl (C=O) groups is 2. The van der Waals surface area contributed by atoms with E-state index >= 15 is 0 Å². The lowest BCUT2D eigenvalue weighted by Gasteiger charge is -2.35. The van der Waals surface area contributed by atoms with Crippen molar-refractivity contribution >= 4 is 11.9 Å². The van der Waals surface area contributed by atoms with E-state index in [2.05, 4.69) is 0 Å². The van der Waals surface area contributed by atoms with Crippen molar-refractivity contribution in [3.05, 3.63) is 0 Å². The molecule has 0 bridgehead atoms. The van der Waals surface area contributed by atoms with Crippen LogP contribution < -0.4 is 0 Å². The van der Waals surface area contributed by atoms with Crippen LogP contribution in [0.5, 0.6) is 0 Å². The van der Waals surface area contributed by atoms with Gasteiger partial charge >= 0.3 is 18.1 Å². The number of carbonyl (C=O) groups excluding carboxylic acids is 1. The van der Waals surface area contributed by atoms with Gasteiger partial charge in [-0.1, -0.05) is 0 Å². The Morgan fingerprint density at radius 1 is 1.25 bits per heavy atom. The van der Waals surface area contributed by atoms with Crippen molar-refractivity contribution < 1.29 is 27.9 Å². The number of halogens is 3. The zero-order chi connectivity index (χ0) is 12.1.